The van der Waals surface area contributed by atoms with Gasteiger partial charge in [0.25, 0.3) is 5.95 Å². The maximum absolute atomic E-state index is 12.0. The second-order valence-electron chi connectivity index (χ2n) is 5.29. The van der Waals surface area contributed by atoms with Gasteiger partial charge in [-0.05, 0) is 0 Å². The van der Waals surface area contributed by atoms with Gasteiger partial charge in [0.15, 0.2) is 0 Å². The number of aliphatic imine (C=N–C) groups is 1. The van der Waals surface area contributed by atoms with Crippen molar-refractivity contribution in [3.8, 4) is 0 Å². The summed E-state index contributed by atoms with van der Waals surface area (Å²) in [4.78, 5) is 36.2. The Morgan fingerprint density at radius 1 is 1.65 bits per heavy atom. The van der Waals surface area contributed by atoms with E-state index in [0.29, 0.717) is 0 Å². The van der Waals surface area contributed by atoms with Crippen LogP contribution in [0.15, 0.2) is 16.1 Å². The number of aromatic nitrogens is 3. The molecule has 1 N–H and O–H groups in total. The summed E-state index contributed by atoms with van der Waals surface area (Å²) in [5.41, 5.74) is -0.587. The summed E-state index contributed by atoms with van der Waals surface area (Å²) < 4.78 is 11.5. The Balaban J connectivity index is 2.08. The molecule has 0 amide bonds. The van der Waals surface area contributed by atoms with E-state index in [1.807, 2.05) is 0 Å². The van der Waals surface area contributed by atoms with Gasteiger partial charge in [0.2, 0.25) is 0 Å². The minimum Gasteiger partial charge on any atom is -0.463 e. The molecule has 0 aliphatic carbocycles. The van der Waals surface area contributed by atoms with Gasteiger partial charge in [0, 0.05) is 27.4 Å². The first-order valence-electron chi connectivity index (χ1n) is 6.99. The lowest BCUT2D eigenvalue weighted by atomic mass is 10.2. The average molecular weight is 325 g/mol. The number of aliphatic hydroxyl groups excluding tert-OH is 1. The largest absolute Gasteiger partial charge is 0.463 e. The van der Waals surface area contributed by atoms with Gasteiger partial charge in [-0.1, -0.05) is 0 Å². The number of carbonyl (C=O) groups is 1. The molecule has 3 unspecified atom stereocenters. The van der Waals surface area contributed by atoms with Gasteiger partial charge in [-0.25, -0.2) is 14.8 Å². The highest BCUT2D eigenvalue weighted by atomic mass is 16.6. The molecule has 1 fully saturated rings. The van der Waals surface area contributed by atoms with Crippen LogP contribution < -0.4 is 5.69 Å². The number of nitrogens with zero attached hydrogens (tertiary/aromatic N) is 5. The molecule has 3 atom stereocenters. The van der Waals surface area contributed by atoms with E-state index in [1.54, 1.807) is 19.0 Å². The SMILES string of the molecule is CC(=O)OCC1OC(n2cnc(N=CN(C)C)nc2=O)CC1O. The number of rotatable bonds is 5. The Morgan fingerprint density at radius 2 is 2.39 bits per heavy atom. The Bertz CT molecular complexity index is 644. The molecule has 1 aromatic heterocycles. The van der Waals surface area contributed by atoms with E-state index in [4.69, 9.17) is 9.47 Å². The minimum atomic E-state index is -0.849. The van der Waals surface area contributed by atoms with Gasteiger partial charge in [0.1, 0.15) is 25.3 Å². The molecule has 0 aromatic carbocycles. The van der Waals surface area contributed by atoms with E-state index in [-0.39, 0.29) is 19.0 Å². The number of aliphatic hydroxyl groups is 1. The quantitative estimate of drug-likeness (QED) is 0.419. The predicted molar refractivity (Wildman–Crippen MR) is 79.3 cm³/mol. The van der Waals surface area contributed by atoms with Crippen LogP contribution in [0, 0.1) is 0 Å². The fourth-order valence-corrected chi connectivity index (χ4v) is 2.00. The molecule has 1 saturated heterocycles. The predicted octanol–water partition coefficient (Wildman–Crippen LogP) is -0.929. The smallest absolute Gasteiger partial charge is 0.354 e. The lowest BCUT2D eigenvalue weighted by Crippen LogP contribution is -2.29. The number of esters is 1. The molecule has 0 spiro atoms. The molecule has 2 heterocycles. The fourth-order valence-electron chi connectivity index (χ4n) is 2.00. The maximum Gasteiger partial charge on any atom is 0.354 e. The molecule has 0 radical (unpaired) electrons. The zero-order valence-corrected chi connectivity index (χ0v) is 13.1. The fraction of sp³-hybridized carbons (Fsp3) is 0.615. The van der Waals surface area contributed by atoms with Crippen molar-refractivity contribution in [2.75, 3.05) is 20.7 Å². The van der Waals surface area contributed by atoms with Crippen molar-refractivity contribution >= 4 is 18.3 Å². The topological polar surface area (TPSA) is 119 Å². The molecule has 1 aliphatic rings. The molecular weight excluding hydrogens is 306 g/mol. The first kappa shape index (κ1) is 17.0. The first-order chi connectivity index (χ1) is 10.9. The second kappa shape index (κ2) is 7.29. The molecule has 0 saturated carbocycles. The maximum atomic E-state index is 12.0. The van der Waals surface area contributed by atoms with Crippen molar-refractivity contribution in [1.82, 2.24) is 19.4 Å². The van der Waals surface area contributed by atoms with Crippen LogP contribution in [0.5, 0.6) is 0 Å². The summed E-state index contributed by atoms with van der Waals surface area (Å²) in [6, 6.07) is 0. The van der Waals surface area contributed by atoms with Gasteiger partial charge in [-0.2, -0.15) is 4.98 Å². The van der Waals surface area contributed by atoms with Gasteiger partial charge in [-0.15, -0.1) is 0 Å². The zero-order valence-electron chi connectivity index (χ0n) is 13.1. The van der Waals surface area contributed by atoms with Crippen molar-refractivity contribution in [1.29, 1.82) is 0 Å². The molecule has 126 valence electrons. The summed E-state index contributed by atoms with van der Waals surface area (Å²) in [5.74, 6) is -0.428. The van der Waals surface area contributed by atoms with Crippen LogP contribution in [0.1, 0.15) is 19.6 Å². The van der Waals surface area contributed by atoms with Crippen molar-refractivity contribution in [2.24, 2.45) is 4.99 Å². The van der Waals surface area contributed by atoms with Gasteiger partial charge >= 0.3 is 11.7 Å². The molecule has 1 aromatic rings. The average Bonchev–Trinajstić information content (AvgIpc) is 2.84. The lowest BCUT2D eigenvalue weighted by molar-refractivity contribution is -0.147. The molecular formula is C13H19N5O5. The Labute approximate surface area is 132 Å². The van der Waals surface area contributed by atoms with E-state index in [0.717, 1.165) is 0 Å². The highest BCUT2D eigenvalue weighted by Crippen LogP contribution is 2.27. The minimum absolute atomic E-state index is 0.0370. The molecule has 0 bridgehead atoms. The van der Waals surface area contributed by atoms with Crippen LogP contribution in [0.3, 0.4) is 0 Å². The third kappa shape index (κ3) is 4.57. The number of hydrogen-bond acceptors (Lipinski definition) is 8. The molecule has 1 aliphatic heterocycles. The number of carbonyl (C=O) groups excluding carboxylic acids is 1. The third-order valence-electron chi connectivity index (χ3n) is 3.08. The lowest BCUT2D eigenvalue weighted by Gasteiger charge is -2.15. The third-order valence-corrected chi connectivity index (χ3v) is 3.08. The highest BCUT2D eigenvalue weighted by Gasteiger charge is 2.36. The Hall–Kier alpha value is -2.33. The summed E-state index contributed by atoms with van der Waals surface area (Å²) in [5, 5.41) is 9.92. The molecule has 10 heteroatoms. The Morgan fingerprint density at radius 3 is 3.00 bits per heavy atom. The standard InChI is InChI=1S/C13H19N5O5/c1-8(19)22-5-10-9(20)4-11(23-10)18-7-15-12(16-13(18)21)14-6-17(2)3/h6-7,9-11,20H,4-5H2,1-3H3. The summed E-state index contributed by atoms with van der Waals surface area (Å²) in [6.07, 6.45) is 0.660. The molecule has 23 heavy (non-hydrogen) atoms. The Kier molecular flexibility index (Phi) is 5.40. The van der Waals surface area contributed by atoms with E-state index >= 15 is 0 Å². The monoisotopic (exact) mass is 325 g/mol. The second-order valence-corrected chi connectivity index (χ2v) is 5.29. The van der Waals surface area contributed by atoms with Crippen LogP contribution in [0.2, 0.25) is 0 Å². The van der Waals surface area contributed by atoms with Crippen LogP contribution in [-0.2, 0) is 14.3 Å². The molecule has 10 nitrogen and oxygen atoms in total. The summed E-state index contributed by atoms with van der Waals surface area (Å²) >= 11 is 0. The van der Waals surface area contributed by atoms with E-state index in [9.17, 15) is 14.7 Å². The van der Waals surface area contributed by atoms with Gasteiger partial charge in [-0.3, -0.25) is 9.36 Å². The first-order valence-corrected chi connectivity index (χ1v) is 6.99. The van der Waals surface area contributed by atoms with Crippen LogP contribution in [-0.4, -0.2) is 69.8 Å². The van der Waals surface area contributed by atoms with Gasteiger partial charge < -0.3 is 19.5 Å². The van der Waals surface area contributed by atoms with Crippen LogP contribution in [0.25, 0.3) is 0 Å². The van der Waals surface area contributed by atoms with Gasteiger partial charge in [0.05, 0.1) is 12.4 Å². The van der Waals surface area contributed by atoms with E-state index in [1.165, 1.54) is 24.2 Å². The zero-order chi connectivity index (χ0) is 17.0. The molecule has 2 rings (SSSR count). The van der Waals surface area contributed by atoms with Crippen molar-refractivity contribution in [3.63, 3.8) is 0 Å². The van der Waals surface area contributed by atoms with Crippen molar-refractivity contribution < 1.29 is 19.4 Å². The van der Waals surface area contributed by atoms with E-state index in [2.05, 4.69) is 15.0 Å². The van der Waals surface area contributed by atoms with Crippen LogP contribution in [0.4, 0.5) is 5.95 Å². The summed E-state index contributed by atoms with van der Waals surface area (Å²) in [7, 11) is 3.56. The normalized spacial score (nSPS) is 24.1. The summed E-state index contributed by atoms with van der Waals surface area (Å²) in [6.45, 7) is 1.19. The highest BCUT2D eigenvalue weighted by molar-refractivity contribution is 5.65. The van der Waals surface area contributed by atoms with Crippen LogP contribution >= 0.6 is 0 Å². The number of hydrogen-bond donors (Lipinski definition) is 1. The van der Waals surface area contributed by atoms with Crippen molar-refractivity contribution in [2.45, 2.75) is 31.8 Å². The van der Waals surface area contributed by atoms with E-state index < -0.39 is 30.1 Å². The number of ether oxygens (including phenoxy) is 2. The van der Waals surface area contributed by atoms with Crippen molar-refractivity contribution in [3.05, 3.63) is 16.8 Å².